The van der Waals surface area contributed by atoms with Gasteiger partial charge in [-0.2, -0.15) is 0 Å². The fraction of sp³-hybridized carbons (Fsp3) is 0.125. The number of rotatable bonds is 3. The first-order valence-corrected chi connectivity index (χ1v) is 7.89. The van der Waals surface area contributed by atoms with Gasteiger partial charge in [0.2, 0.25) is 6.79 Å². The second kappa shape index (κ2) is 5.77. The zero-order chi connectivity index (χ0) is 15.6. The van der Waals surface area contributed by atoms with Gasteiger partial charge in [-0.1, -0.05) is 35.6 Å². The van der Waals surface area contributed by atoms with E-state index >= 15 is 0 Å². The third-order valence-electron chi connectivity index (χ3n) is 3.43. The van der Waals surface area contributed by atoms with E-state index in [1.54, 1.807) is 0 Å². The quantitative estimate of drug-likeness (QED) is 0.774. The van der Waals surface area contributed by atoms with E-state index in [4.69, 9.17) is 9.47 Å². The number of aromatic nitrogens is 1. The summed E-state index contributed by atoms with van der Waals surface area (Å²) in [5, 5.41) is 6.13. The van der Waals surface area contributed by atoms with Gasteiger partial charge in [0.25, 0.3) is 0 Å². The molecule has 0 radical (unpaired) electrons. The summed E-state index contributed by atoms with van der Waals surface area (Å²) in [6.07, 6.45) is 0. The summed E-state index contributed by atoms with van der Waals surface area (Å²) in [4.78, 5) is 16.4. The number of para-hydroxylation sites is 2. The van der Waals surface area contributed by atoms with Crippen molar-refractivity contribution in [2.24, 2.45) is 0 Å². The Hall–Kier alpha value is -2.80. The highest BCUT2D eigenvalue weighted by Crippen LogP contribution is 2.35. The molecule has 0 saturated carbocycles. The highest BCUT2D eigenvalue weighted by Gasteiger charge is 2.17. The average molecular weight is 327 g/mol. The van der Waals surface area contributed by atoms with Crippen molar-refractivity contribution in [3.63, 3.8) is 0 Å². The number of ether oxygens (including phenoxy) is 2. The molecular formula is C16H13N3O3S. The van der Waals surface area contributed by atoms with Gasteiger partial charge in [-0.25, -0.2) is 9.78 Å². The van der Waals surface area contributed by atoms with Gasteiger partial charge in [-0.05, 0) is 18.2 Å². The average Bonchev–Trinajstić information content (AvgIpc) is 3.18. The Morgan fingerprint density at radius 1 is 1.17 bits per heavy atom. The van der Waals surface area contributed by atoms with Gasteiger partial charge in [-0.3, -0.25) is 5.32 Å². The molecule has 0 spiro atoms. The third kappa shape index (κ3) is 2.78. The number of anilines is 1. The Morgan fingerprint density at radius 2 is 2.09 bits per heavy atom. The summed E-state index contributed by atoms with van der Waals surface area (Å²) in [6, 6.07) is 13.1. The van der Waals surface area contributed by atoms with Crippen LogP contribution in [0.15, 0.2) is 42.5 Å². The van der Waals surface area contributed by atoms with E-state index in [9.17, 15) is 4.79 Å². The molecule has 2 N–H and O–H groups in total. The number of amides is 2. The van der Waals surface area contributed by atoms with E-state index in [0.717, 1.165) is 15.8 Å². The lowest BCUT2D eigenvalue weighted by Gasteiger charge is -2.07. The molecule has 2 aromatic carbocycles. The minimum Gasteiger partial charge on any atom is -0.454 e. The molecular weight excluding hydrogens is 314 g/mol. The summed E-state index contributed by atoms with van der Waals surface area (Å²) in [5.41, 5.74) is 1.75. The zero-order valence-electron chi connectivity index (χ0n) is 12.0. The number of nitrogens with zero attached hydrogens (tertiary/aromatic N) is 1. The van der Waals surface area contributed by atoms with Gasteiger partial charge in [-0.15, -0.1) is 0 Å². The van der Waals surface area contributed by atoms with Gasteiger partial charge in [0.15, 0.2) is 16.6 Å². The molecule has 0 unspecified atom stereocenters. The van der Waals surface area contributed by atoms with Gasteiger partial charge < -0.3 is 14.8 Å². The Kier molecular flexibility index (Phi) is 3.47. The first-order valence-electron chi connectivity index (χ1n) is 7.07. The molecule has 1 aliphatic rings. The Bertz CT molecular complexity index is 845. The minimum absolute atomic E-state index is 0.213. The Labute approximate surface area is 136 Å². The van der Waals surface area contributed by atoms with Crippen molar-refractivity contribution in [1.29, 1.82) is 0 Å². The number of benzene rings is 2. The van der Waals surface area contributed by atoms with Crippen LogP contribution in [-0.2, 0) is 6.54 Å². The monoisotopic (exact) mass is 327 g/mol. The van der Waals surface area contributed by atoms with Crippen LogP contribution in [0.25, 0.3) is 10.2 Å². The molecule has 6 nitrogen and oxygen atoms in total. The zero-order valence-corrected chi connectivity index (χ0v) is 12.9. The molecule has 3 aromatic rings. The molecule has 0 aliphatic carbocycles. The fourth-order valence-corrected chi connectivity index (χ4v) is 3.23. The second-order valence-corrected chi connectivity index (χ2v) is 5.98. The van der Waals surface area contributed by atoms with Crippen LogP contribution in [0.3, 0.4) is 0 Å². The number of hydrogen-bond donors (Lipinski definition) is 2. The summed E-state index contributed by atoms with van der Waals surface area (Å²) in [5.74, 6) is 1.39. The van der Waals surface area contributed by atoms with E-state index < -0.39 is 0 Å². The molecule has 7 heteroatoms. The lowest BCUT2D eigenvalue weighted by atomic mass is 10.2. The van der Waals surface area contributed by atoms with E-state index in [2.05, 4.69) is 15.6 Å². The van der Waals surface area contributed by atoms with Crippen LogP contribution in [0.1, 0.15) is 5.56 Å². The first-order chi connectivity index (χ1) is 11.3. The largest absolute Gasteiger partial charge is 0.454 e. The molecule has 2 heterocycles. The molecule has 0 saturated heterocycles. The number of carbonyl (C=O) groups is 1. The smallest absolute Gasteiger partial charge is 0.321 e. The van der Waals surface area contributed by atoms with Crippen LogP contribution in [-0.4, -0.2) is 17.8 Å². The van der Waals surface area contributed by atoms with Crippen LogP contribution in [0.2, 0.25) is 0 Å². The van der Waals surface area contributed by atoms with E-state index in [0.29, 0.717) is 23.2 Å². The summed E-state index contributed by atoms with van der Waals surface area (Å²) >= 11 is 1.44. The molecule has 1 aromatic heterocycles. The van der Waals surface area contributed by atoms with Crippen molar-refractivity contribution in [2.45, 2.75) is 6.54 Å². The topological polar surface area (TPSA) is 72.5 Å². The predicted octanol–water partition coefficient (Wildman–Crippen LogP) is 3.35. The molecule has 23 heavy (non-hydrogen) atoms. The van der Waals surface area contributed by atoms with Crippen LogP contribution >= 0.6 is 11.3 Å². The van der Waals surface area contributed by atoms with Crippen molar-refractivity contribution < 1.29 is 14.3 Å². The number of nitrogens with one attached hydrogen (secondary N) is 2. The van der Waals surface area contributed by atoms with E-state index in [1.165, 1.54) is 11.3 Å². The summed E-state index contributed by atoms with van der Waals surface area (Å²) in [7, 11) is 0. The van der Waals surface area contributed by atoms with E-state index in [-0.39, 0.29) is 12.8 Å². The lowest BCUT2D eigenvalue weighted by Crippen LogP contribution is -2.28. The number of hydrogen-bond acceptors (Lipinski definition) is 5. The maximum Gasteiger partial charge on any atom is 0.321 e. The predicted molar refractivity (Wildman–Crippen MR) is 88.0 cm³/mol. The van der Waals surface area contributed by atoms with Crippen LogP contribution < -0.4 is 20.1 Å². The molecule has 116 valence electrons. The van der Waals surface area contributed by atoms with Gasteiger partial charge in [0.1, 0.15) is 0 Å². The van der Waals surface area contributed by atoms with Crippen LogP contribution in [0.5, 0.6) is 11.5 Å². The summed E-state index contributed by atoms with van der Waals surface area (Å²) in [6.45, 7) is 0.563. The van der Waals surface area contributed by atoms with Crippen molar-refractivity contribution in [2.75, 3.05) is 12.1 Å². The van der Waals surface area contributed by atoms with Crippen molar-refractivity contribution in [3.05, 3.63) is 48.0 Å². The third-order valence-corrected chi connectivity index (χ3v) is 4.38. The molecule has 0 bridgehead atoms. The number of thiazole rings is 1. The van der Waals surface area contributed by atoms with Crippen molar-refractivity contribution in [1.82, 2.24) is 10.3 Å². The molecule has 0 fully saturated rings. The van der Waals surface area contributed by atoms with E-state index in [1.807, 2.05) is 42.5 Å². The van der Waals surface area contributed by atoms with Crippen molar-refractivity contribution >= 4 is 32.7 Å². The number of fused-ring (bicyclic) bond motifs is 2. The Balaban J connectivity index is 1.41. The van der Waals surface area contributed by atoms with Gasteiger partial charge in [0, 0.05) is 12.1 Å². The van der Waals surface area contributed by atoms with Crippen LogP contribution in [0.4, 0.5) is 9.93 Å². The first kappa shape index (κ1) is 13.8. The minimum atomic E-state index is -0.305. The standard InChI is InChI=1S/C16H13N3O3S/c20-15(19-16-18-11-5-1-2-7-13(11)23-16)17-8-10-4-3-6-12-14(10)22-9-21-12/h1-7H,8-9H2,(H2,17,18,19,20). The maximum atomic E-state index is 12.0. The second-order valence-electron chi connectivity index (χ2n) is 4.95. The summed E-state index contributed by atoms with van der Waals surface area (Å²) < 4.78 is 11.8. The molecule has 0 atom stereocenters. The number of carbonyl (C=O) groups excluding carboxylic acids is 1. The lowest BCUT2D eigenvalue weighted by molar-refractivity contribution is 0.173. The Morgan fingerprint density at radius 3 is 3.00 bits per heavy atom. The SMILES string of the molecule is O=C(NCc1cccc2c1OCO2)Nc1nc2ccccc2s1. The molecule has 1 aliphatic heterocycles. The van der Waals surface area contributed by atoms with Crippen LogP contribution in [0, 0.1) is 0 Å². The maximum absolute atomic E-state index is 12.0. The highest BCUT2D eigenvalue weighted by molar-refractivity contribution is 7.22. The van der Waals surface area contributed by atoms with Gasteiger partial charge >= 0.3 is 6.03 Å². The fourth-order valence-electron chi connectivity index (χ4n) is 2.37. The highest BCUT2D eigenvalue weighted by atomic mass is 32.1. The van der Waals surface area contributed by atoms with Gasteiger partial charge in [0.05, 0.1) is 10.2 Å². The molecule has 4 rings (SSSR count). The molecule has 2 amide bonds. The number of urea groups is 1. The normalized spacial score (nSPS) is 12.3. The van der Waals surface area contributed by atoms with Crippen molar-refractivity contribution in [3.8, 4) is 11.5 Å².